The van der Waals surface area contributed by atoms with Crippen LogP contribution in [0.1, 0.15) is 55.2 Å². The number of rotatable bonds is 5. The zero-order valence-electron chi connectivity index (χ0n) is 17.1. The Kier molecular flexibility index (Phi) is 5.84. The highest BCUT2D eigenvalue weighted by atomic mass is 32.2. The minimum Gasteiger partial charge on any atom is -0.323 e. The molecule has 0 saturated carbocycles. The van der Waals surface area contributed by atoms with E-state index in [1.54, 1.807) is 8.61 Å². The Labute approximate surface area is 172 Å². The lowest BCUT2D eigenvalue weighted by atomic mass is 9.96. The normalized spacial score (nSPS) is 21.9. The second kappa shape index (κ2) is 8.37. The molecular weight excluding hydrogens is 390 g/mol. The minimum absolute atomic E-state index is 0.0616. The molecule has 0 aromatic carbocycles. The summed E-state index contributed by atoms with van der Waals surface area (Å²) >= 11 is 0. The largest absolute Gasteiger partial charge is 0.323 e. The lowest BCUT2D eigenvalue weighted by Gasteiger charge is -2.36. The zero-order valence-corrected chi connectivity index (χ0v) is 17.9. The Balaban J connectivity index is 1.52. The summed E-state index contributed by atoms with van der Waals surface area (Å²) in [5.41, 5.74) is 1.84. The minimum atomic E-state index is -3.40. The molecule has 2 aromatic rings. The molecule has 2 aliphatic heterocycles. The molecule has 4 heterocycles. The molecular formula is C19H29N7O2S. The van der Waals surface area contributed by atoms with Crippen LogP contribution < -0.4 is 5.32 Å². The van der Waals surface area contributed by atoms with Gasteiger partial charge in [-0.05, 0) is 39.5 Å². The van der Waals surface area contributed by atoms with Crippen molar-refractivity contribution in [1.82, 2.24) is 28.8 Å². The topological polar surface area (TPSA) is 107 Å². The van der Waals surface area contributed by atoms with E-state index >= 15 is 0 Å². The summed E-state index contributed by atoms with van der Waals surface area (Å²) in [5.74, 6) is 2.10. The molecule has 0 radical (unpaired) electrons. The van der Waals surface area contributed by atoms with E-state index in [2.05, 4.69) is 25.5 Å². The van der Waals surface area contributed by atoms with Crippen LogP contribution in [0.5, 0.6) is 0 Å². The summed E-state index contributed by atoms with van der Waals surface area (Å²) in [4.78, 5) is 9.08. The van der Waals surface area contributed by atoms with Crippen LogP contribution in [-0.2, 0) is 10.2 Å². The monoisotopic (exact) mass is 419 g/mol. The van der Waals surface area contributed by atoms with Crippen molar-refractivity contribution in [3.05, 3.63) is 29.3 Å². The fraction of sp³-hybridized carbons (Fsp3) is 0.632. The first-order valence-corrected chi connectivity index (χ1v) is 11.7. The maximum absolute atomic E-state index is 13.1. The molecule has 1 atom stereocenters. The maximum atomic E-state index is 13.1. The number of aromatic amines is 1. The Bertz CT molecular complexity index is 953. The fourth-order valence-corrected chi connectivity index (χ4v) is 5.90. The average molecular weight is 420 g/mol. The predicted octanol–water partition coefficient (Wildman–Crippen LogP) is 2.47. The van der Waals surface area contributed by atoms with E-state index in [0.29, 0.717) is 43.6 Å². The fourth-order valence-electron chi connectivity index (χ4n) is 4.13. The number of piperidine rings is 2. The van der Waals surface area contributed by atoms with Gasteiger partial charge in [0, 0.05) is 49.9 Å². The molecule has 2 aliphatic rings. The van der Waals surface area contributed by atoms with Crippen molar-refractivity contribution in [2.45, 2.75) is 51.9 Å². The third-order valence-electron chi connectivity index (χ3n) is 5.59. The van der Waals surface area contributed by atoms with Crippen molar-refractivity contribution in [3.63, 3.8) is 0 Å². The highest BCUT2D eigenvalue weighted by molar-refractivity contribution is 7.86. The van der Waals surface area contributed by atoms with Gasteiger partial charge in [0.1, 0.15) is 11.6 Å². The van der Waals surface area contributed by atoms with Gasteiger partial charge in [-0.15, -0.1) is 0 Å². The number of aryl methyl sites for hydroxylation is 2. The van der Waals surface area contributed by atoms with Crippen LogP contribution in [0, 0.1) is 13.8 Å². The van der Waals surface area contributed by atoms with Gasteiger partial charge in [-0.3, -0.25) is 5.10 Å². The highest BCUT2D eigenvalue weighted by Gasteiger charge is 2.35. The molecule has 0 amide bonds. The van der Waals surface area contributed by atoms with Gasteiger partial charge in [0.15, 0.2) is 5.82 Å². The van der Waals surface area contributed by atoms with Crippen molar-refractivity contribution in [3.8, 4) is 0 Å². The average Bonchev–Trinajstić information content (AvgIpc) is 3.13. The first-order chi connectivity index (χ1) is 13.9. The Morgan fingerprint density at radius 1 is 1.00 bits per heavy atom. The number of hydrogen-bond donors (Lipinski definition) is 2. The lowest BCUT2D eigenvalue weighted by Crippen LogP contribution is -2.49. The van der Waals surface area contributed by atoms with Gasteiger partial charge in [0.05, 0.1) is 5.69 Å². The first kappa shape index (κ1) is 20.2. The van der Waals surface area contributed by atoms with Crippen molar-refractivity contribution in [1.29, 1.82) is 0 Å². The molecule has 2 saturated heterocycles. The van der Waals surface area contributed by atoms with Gasteiger partial charge in [-0.1, -0.05) is 6.42 Å². The smallest absolute Gasteiger partial charge is 0.281 e. The van der Waals surface area contributed by atoms with E-state index in [0.717, 1.165) is 43.5 Å². The second-order valence-electron chi connectivity index (χ2n) is 7.95. The molecule has 4 rings (SSSR count). The number of aromatic nitrogens is 4. The van der Waals surface area contributed by atoms with Gasteiger partial charge >= 0.3 is 0 Å². The van der Waals surface area contributed by atoms with Crippen molar-refractivity contribution in [2.24, 2.45) is 0 Å². The standard InChI is InChI=1S/C19H29N7O2S/c1-14-11-19(24-23-14)22-18-12-17(20-15(2)21-18)16-7-6-10-26(13-16)29(27,28)25-8-4-3-5-9-25/h11-12,16H,3-10,13H2,1-2H3,(H2,20,21,22,23,24). The molecule has 0 spiro atoms. The lowest BCUT2D eigenvalue weighted by molar-refractivity contribution is 0.266. The molecule has 158 valence electrons. The summed E-state index contributed by atoms with van der Waals surface area (Å²) in [7, 11) is -3.40. The van der Waals surface area contributed by atoms with Crippen molar-refractivity contribution in [2.75, 3.05) is 31.5 Å². The first-order valence-electron chi connectivity index (χ1n) is 10.3. The quantitative estimate of drug-likeness (QED) is 0.771. The van der Waals surface area contributed by atoms with Crippen molar-refractivity contribution < 1.29 is 8.42 Å². The van der Waals surface area contributed by atoms with E-state index in [9.17, 15) is 8.42 Å². The van der Waals surface area contributed by atoms with E-state index < -0.39 is 10.2 Å². The Morgan fingerprint density at radius 3 is 2.48 bits per heavy atom. The second-order valence-corrected chi connectivity index (χ2v) is 9.88. The SMILES string of the molecule is Cc1nc(Nc2cc(C)[nH]n2)cc(C2CCCN(S(=O)(=O)N3CCCCC3)C2)n1. The third kappa shape index (κ3) is 4.59. The van der Waals surface area contributed by atoms with Gasteiger partial charge in [0.25, 0.3) is 10.2 Å². The molecule has 0 aliphatic carbocycles. The van der Waals surface area contributed by atoms with Crippen LogP contribution in [0.4, 0.5) is 11.6 Å². The summed E-state index contributed by atoms with van der Waals surface area (Å²) < 4.78 is 29.5. The van der Waals surface area contributed by atoms with Gasteiger partial charge in [0.2, 0.25) is 0 Å². The van der Waals surface area contributed by atoms with E-state index in [1.807, 2.05) is 26.0 Å². The van der Waals surface area contributed by atoms with Crippen LogP contribution in [0.15, 0.2) is 12.1 Å². The molecule has 2 N–H and O–H groups in total. The van der Waals surface area contributed by atoms with Gasteiger partial charge in [-0.2, -0.15) is 22.1 Å². The van der Waals surface area contributed by atoms with Crippen LogP contribution in [0.2, 0.25) is 0 Å². The molecule has 10 heteroatoms. The summed E-state index contributed by atoms with van der Waals surface area (Å²) in [6, 6.07) is 3.82. The van der Waals surface area contributed by atoms with E-state index in [1.165, 1.54) is 0 Å². The number of nitrogens with zero attached hydrogens (tertiary/aromatic N) is 5. The molecule has 29 heavy (non-hydrogen) atoms. The summed E-state index contributed by atoms with van der Waals surface area (Å²) in [6.45, 7) is 6.11. The molecule has 0 bridgehead atoms. The van der Waals surface area contributed by atoms with Crippen LogP contribution >= 0.6 is 0 Å². The highest BCUT2D eigenvalue weighted by Crippen LogP contribution is 2.30. The Hall–Kier alpha value is -2.04. The molecule has 9 nitrogen and oxygen atoms in total. The van der Waals surface area contributed by atoms with E-state index in [4.69, 9.17) is 0 Å². The maximum Gasteiger partial charge on any atom is 0.281 e. The zero-order chi connectivity index (χ0) is 20.4. The van der Waals surface area contributed by atoms with Gasteiger partial charge in [-0.25, -0.2) is 9.97 Å². The summed E-state index contributed by atoms with van der Waals surface area (Å²) in [5, 5.41) is 10.3. The number of anilines is 2. The van der Waals surface area contributed by atoms with Gasteiger partial charge < -0.3 is 5.32 Å². The van der Waals surface area contributed by atoms with E-state index in [-0.39, 0.29) is 5.92 Å². The molecule has 2 aromatic heterocycles. The van der Waals surface area contributed by atoms with Crippen LogP contribution in [-0.4, -0.2) is 63.4 Å². The number of H-pyrrole nitrogens is 1. The van der Waals surface area contributed by atoms with Crippen LogP contribution in [0.3, 0.4) is 0 Å². The molecule has 1 unspecified atom stereocenters. The van der Waals surface area contributed by atoms with Crippen molar-refractivity contribution >= 4 is 21.8 Å². The Morgan fingerprint density at radius 2 is 1.76 bits per heavy atom. The number of nitrogens with one attached hydrogen (secondary N) is 2. The molecule has 2 fully saturated rings. The van der Waals surface area contributed by atoms with Crippen LogP contribution in [0.25, 0.3) is 0 Å². The predicted molar refractivity (Wildman–Crippen MR) is 111 cm³/mol. The third-order valence-corrected chi connectivity index (χ3v) is 7.59. The number of hydrogen-bond acceptors (Lipinski definition) is 6. The summed E-state index contributed by atoms with van der Waals surface area (Å²) in [6.07, 6.45) is 4.76.